The lowest BCUT2D eigenvalue weighted by molar-refractivity contribution is 0.0929. The van der Waals surface area contributed by atoms with Gasteiger partial charge in [-0.2, -0.15) is 0 Å². The van der Waals surface area contributed by atoms with Crippen LogP contribution in [0.4, 0.5) is 0 Å². The van der Waals surface area contributed by atoms with Gasteiger partial charge in [0.15, 0.2) is 0 Å². The molecule has 3 rings (SSSR count). The van der Waals surface area contributed by atoms with E-state index >= 15 is 0 Å². The van der Waals surface area contributed by atoms with Crippen LogP contribution < -0.4 is 10.6 Å². The van der Waals surface area contributed by atoms with Crippen LogP contribution in [0.25, 0.3) is 10.2 Å². The monoisotopic (exact) mass is 261 g/mol. The first-order valence-corrected chi connectivity index (χ1v) is 7.06. The summed E-state index contributed by atoms with van der Waals surface area (Å²) in [6, 6.07) is 5.99. The van der Waals surface area contributed by atoms with Crippen LogP contribution in [0.1, 0.15) is 23.2 Å². The van der Waals surface area contributed by atoms with E-state index in [9.17, 15) is 4.79 Å². The van der Waals surface area contributed by atoms with Crippen LogP contribution in [0, 0.1) is 0 Å². The predicted octanol–water partition coefficient (Wildman–Crippen LogP) is 1.78. The molecule has 5 heteroatoms. The Balaban J connectivity index is 1.74. The number of carbonyl (C=O) groups excluding carboxylic acids is 1. The second kappa shape index (κ2) is 5.04. The van der Waals surface area contributed by atoms with Crippen molar-refractivity contribution in [3.05, 3.63) is 29.3 Å². The number of rotatable bonds is 2. The minimum atomic E-state index is 0.0109. The molecule has 1 saturated heterocycles. The van der Waals surface area contributed by atoms with Crippen LogP contribution in [0.2, 0.25) is 0 Å². The van der Waals surface area contributed by atoms with E-state index in [2.05, 4.69) is 15.6 Å². The number of hydrogen-bond donors (Lipinski definition) is 2. The topological polar surface area (TPSA) is 54.0 Å². The molecule has 0 saturated carbocycles. The highest BCUT2D eigenvalue weighted by Crippen LogP contribution is 2.19. The Hall–Kier alpha value is -1.46. The van der Waals surface area contributed by atoms with E-state index in [1.807, 2.05) is 18.2 Å². The Kier molecular flexibility index (Phi) is 3.25. The normalized spacial score (nSPS) is 16.9. The fourth-order valence-corrected chi connectivity index (χ4v) is 2.89. The minimum Gasteiger partial charge on any atom is -0.349 e. The Bertz CT molecular complexity index is 560. The second-order valence-electron chi connectivity index (χ2n) is 4.53. The number of hydrogen-bond acceptors (Lipinski definition) is 4. The number of piperidine rings is 1. The molecule has 1 aromatic heterocycles. The van der Waals surface area contributed by atoms with Crippen molar-refractivity contribution >= 4 is 27.5 Å². The van der Waals surface area contributed by atoms with Crippen LogP contribution >= 0.6 is 11.3 Å². The van der Waals surface area contributed by atoms with Gasteiger partial charge in [0.05, 0.1) is 15.7 Å². The first kappa shape index (κ1) is 11.6. The van der Waals surface area contributed by atoms with E-state index in [4.69, 9.17) is 0 Å². The quantitative estimate of drug-likeness (QED) is 0.866. The summed E-state index contributed by atoms with van der Waals surface area (Å²) >= 11 is 1.59. The Morgan fingerprint density at radius 1 is 1.39 bits per heavy atom. The third kappa shape index (κ3) is 2.37. The lowest BCUT2D eigenvalue weighted by Gasteiger charge is -2.23. The third-order valence-electron chi connectivity index (χ3n) is 3.27. The molecule has 0 spiro atoms. The van der Waals surface area contributed by atoms with Crippen molar-refractivity contribution in [2.75, 3.05) is 13.1 Å². The molecule has 1 aromatic carbocycles. The summed E-state index contributed by atoms with van der Waals surface area (Å²) in [5.74, 6) is 0.0109. The highest BCUT2D eigenvalue weighted by atomic mass is 32.1. The average molecular weight is 261 g/mol. The second-order valence-corrected chi connectivity index (χ2v) is 5.42. The molecule has 18 heavy (non-hydrogen) atoms. The van der Waals surface area contributed by atoms with Crippen molar-refractivity contribution in [3.8, 4) is 0 Å². The molecule has 0 radical (unpaired) electrons. The molecule has 2 aromatic rings. The van der Waals surface area contributed by atoms with Gasteiger partial charge < -0.3 is 10.6 Å². The number of thiazole rings is 1. The van der Waals surface area contributed by atoms with Crippen molar-refractivity contribution in [2.24, 2.45) is 0 Å². The number of benzene rings is 1. The highest BCUT2D eigenvalue weighted by molar-refractivity contribution is 7.16. The lowest BCUT2D eigenvalue weighted by Crippen LogP contribution is -2.42. The molecule has 0 atom stereocenters. The zero-order valence-corrected chi connectivity index (χ0v) is 10.8. The van der Waals surface area contributed by atoms with Crippen LogP contribution in [0.15, 0.2) is 23.7 Å². The van der Waals surface area contributed by atoms with Gasteiger partial charge in [-0.3, -0.25) is 4.79 Å². The molecule has 0 aliphatic carbocycles. The zero-order chi connectivity index (χ0) is 12.4. The molecule has 1 amide bonds. The zero-order valence-electron chi connectivity index (χ0n) is 9.98. The van der Waals surface area contributed by atoms with Crippen molar-refractivity contribution < 1.29 is 4.79 Å². The largest absolute Gasteiger partial charge is 0.349 e. The van der Waals surface area contributed by atoms with Gasteiger partial charge in [0.1, 0.15) is 0 Å². The minimum absolute atomic E-state index is 0.0109. The standard InChI is InChI=1S/C13H15N3OS/c17-13(16-10-3-5-14-6-4-10)9-1-2-12-11(7-9)15-8-18-12/h1-2,7-8,10,14H,3-6H2,(H,16,17). The summed E-state index contributed by atoms with van der Waals surface area (Å²) in [6.07, 6.45) is 2.01. The molecular weight excluding hydrogens is 246 g/mol. The summed E-state index contributed by atoms with van der Waals surface area (Å²) in [5, 5.41) is 6.38. The Morgan fingerprint density at radius 3 is 3.06 bits per heavy atom. The first-order valence-electron chi connectivity index (χ1n) is 6.18. The SMILES string of the molecule is O=C(NC1CCNCC1)c1ccc2scnc2c1. The lowest BCUT2D eigenvalue weighted by atomic mass is 10.1. The van der Waals surface area contributed by atoms with Gasteiger partial charge >= 0.3 is 0 Å². The molecule has 2 N–H and O–H groups in total. The third-order valence-corrected chi connectivity index (χ3v) is 4.08. The van der Waals surface area contributed by atoms with Gasteiger partial charge in [-0.1, -0.05) is 0 Å². The molecule has 0 bridgehead atoms. The molecule has 94 valence electrons. The van der Waals surface area contributed by atoms with E-state index in [1.165, 1.54) is 0 Å². The Labute approximate surface area is 109 Å². The summed E-state index contributed by atoms with van der Waals surface area (Å²) in [5.41, 5.74) is 3.41. The highest BCUT2D eigenvalue weighted by Gasteiger charge is 2.16. The number of aromatic nitrogens is 1. The maximum Gasteiger partial charge on any atom is 0.251 e. The van der Waals surface area contributed by atoms with Crippen molar-refractivity contribution in [1.82, 2.24) is 15.6 Å². The number of amides is 1. The fourth-order valence-electron chi connectivity index (χ4n) is 2.23. The summed E-state index contributed by atoms with van der Waals surface area (Å²) < 4.78 is 1.12. The van der Waals surface area contributed by atoms with Crippen LogP contribution in [-0.4, -0.2) is 30.0 Å². The van der Waals surface area contributed by atoms with Crippen LogP contribution in [0.3, 0.4) is 0 Å². The number of nitrogens with zero attached hydrogens (tertiary/aromatic N) is 1. The molecular formula is C13H15N3OS. The fraction of sp³-hybridized carbons (Fsp3) is 0.385. The van der Waals surface area contributed by atoms with Gasteiger partial charge in [0.2, 0.25) is 0 Å². The van der Waals surface area contributed by atoms with Crippen LogP contribution in [0.5, 0.6) is 0 Å². The predicted molar refractivity (Wildman–Crippen MR) is 73.0 cm³/mol. The smallest absolute Gasteiger partial charge is 0.251 e. The number of nitrogens with one attached hydrogen (secondary N) is 2. The molecule has 1 fully saturated rings. The summed E-state index contributed by atoms with van der Waals surface area (Å²) in [6.45, 7) is 1.96. The van der Waals surface area contributed by atoms with Gasteiger partial charge in [-0.15, -0.1) is 11.3 Å². The number of carbonyl (C=O) groups is 1. The van der Waals surface area contributed by atoms with Gasteiger partial charge in [-0.05, 0) is 44.1 Å². The summed E-state index contributed by atoms with van der Waals surface area (Å²) in [4.78, 5) is 16.4. The molecule has 1 aliphatic rings. The van der Waals surface area contributed by atoms with Gasteiger partial charge in [-0.25, -0.2) is 4.98 Å². The van der Waals surface area contributed by atoms with Crippen molar-refractivity contribution in [3.63, 3.8) is 0 Å². The first-order chi connectivity index (χ1) is 8.83. The van der Waals surface area contributed by atoms with Gasteiger partial charge in [0, 0.05) is 11.6 Å². The van der Waals surface area contributed by atoms with E-state index < -0.39 is 0 Å². The maximum absolute atomic E-state index is 12.1. The molecule has 2 heterocycles. The van der Waals surface area contributed by atoms with Crippen LogP contribution in [-0.2, 0) is 0 Å². The van der Waals surface area contributed by atoms with Gasteiger partial charge in [0.25, 0.3) is 5.91 Å². The maximum atomic E-state index is 12.1. The van der Waals surface area contributed by atoms with E-state index in [0.717, 1.165) is 36.1 Å². The Morgan fingerprint density at radius 2 is 2.22 bits per heavy atom. The van der Waals surface area contributed by atoms with Crippen molar-refractivity contribution in [2.45, 2.75) is 18.9 Å². The average Bonchev–Trinajstić information content (AvgIpc) is 2.87. The van der Waals surface area contributed by atoms with E-state index in [-0.39, 0.29) is 5.91 Å². The molecule has 0 unspecified atom stereocenters. The van der Waals surface area contributed by atoms with E-state index in [0.29, 0.717) is 11.6 Å². The number of fused-ring (bicyclic) bond motifs is 1. The molecule has 1 aliphatic heterocycles. The summed E-state index contributed by atoms with van der Waals surface area (Å²) in [7, 11) is 0. The van der Waals surface area contributed by atoms with E-state index in [1.54, 1.807) is 16.8 Å². The van der Waals surface area contributed by atoms with Crippen molar-refractivity contribution in [1.29, 1.82) is 0 Å². The molecule has 4 nitrogen and oxygen atoms in total.